The lowest BCUT2D eigenvalue weighted by atomic mass is 10.2. The molecule has 0 aliphatic rings. The molecule has 122 valence electrons. The fourth-order valence-corrected chi connectivity index (χ4v) is 2.55. The topological polar surface area (TPSA) is 63.0 Å². The molecule has 0 spiro atoms. The molecule has 0 amide bonds. The van der Waals surface area contributed by atoms with Crippen molar-refractivity contribution in [3.63, 3.8) is 0 Å². The highest BCUT2D eigenvalue weighted by Crippen LogP contribution is 2.24. The largest absolute Gasteiger partial charge is 0.353 e. The molecule has 0 radical (unpaired) electrons. The van der Waals surface area contributed by atoms with Gasteiger partial charge >= 0.3 is 0 Å². The number of nitrogens with one attached hydrogen (secondary N) is 2. The van der Waals surface area contributed by atoms with Crippen molar-refractivity contribution < 1.29 is 4.52 Å². The van der Waals surface area contributed by atoms with Crippen LogP contribution in [0.15, 0.2) is 53.1 Å². The molecule has 3 aromatic rings. The van der Waals surface area contributed by atoms with Crippen molar-refractivity contribution in [3.05, 3.63) is 64.5 Å². The Labute approximate surface area is 154 Å². The van der Waals surface area contributed by atoms with Gasteiger partial charge in [-0.1, -0.05) is 52.6 Å². The van der Waals surface area contributed by atoms with Crippen LogP contribution in [0, 0.1) is 0 Å². The Kier molecular flexibility index (Phi) is 5.30. The summed E-state index contributed by atoms with van der Waals surface area (Å²) in [5.74, 6) is 0.829. The predicted octanol–water partition coefficient (Wildman–Crippen LogP) is 4.53. The number of rotatable bonds is 4. The zero-order valence-electron chi connectivity index (χ0n) is 12.3. The molecular formula is C16H12Cl2N4OS. The molecule has 24 heavy (non-hydrogen) atoms. The highest BCUT2D eigenvalue weighted by atomic mass is 35.5. The number of benzene rings is 2. The highest BCUT2D eigenvalue weighted by Gasteiger charge is 2.11. The molecule has 0 saturated carbocycles. The van der Waals surface area contributed by atoms with Crippen LogP contribution in [-0.4, -0.2) is 15.3 Å². The van der Waals surface area contributed by atoms with E-state index >= 15 is 0 Å². The Morgan fingerprint density at radius 1 is 1.04 bits per heavy atom. The summed E-state index contributed by atoms with van der Waals surface area (Å²) in [5, 5.41) is 11.5. The van der Waals surface area contributed by atoms with Gasteiger partial charge < -0.3 is 15.2 Å². The van der Waals surface area contributed by atoms with Gasteiger partial charge in [-0.05, 0) is 36.5 Å². The Bertz CT molecular complexity index is 869. The number of nitrogens with zero attached hydrogens (tertiary/aromatic N) is 2. The van der Waals surface area contributed by atoms with Gasteiger partial charge in [0.15, 0.2) is 5.11 Å². The molecule has 0 bridgehead atoms. The summed E-state index contributed by atoms with van der Waals surface area (Å²) >= 11 is 17.4. The van der Waals surface area contributed by atoms with Crippen molar-refractivity contribution in [3.8, 4) is 11.4 Å². The highest BCUT2D eigenvalue weighted by molar-refractivity contribution is 7.80. The van der Waals surface area contributed by atoms with Crippen LogP contribution in [0.2, 0.25) is 10.0 Å². The number of halogens is 2. The van der Waals surface area contributed by atoms with Crippen LogP contribution in [-0.2, 0) is 6.54 Å². The van der Waals surface area contributed by atoms with E-state index in [-0.39, 0.29) is 6.54 Å². The molecule has 5 nitrogen and oxygen atoms in total. The number of anilines is 1. The summed E-state index contributed by atoms with van der Waals surface area (Å²) in [6, 6.07) is 14.6. The first kappa shape index (κ1) is 16.7. The van der Waals surface area contributed by atoms with Gasteiger partial charge in [-0.15, -0.1) is 0 Å². The second kappa shape index (κ2) is 7.61. The molecule has 3 rings (SSSR count). The number of aromatic nitrogens is 2. The standard InChI is InChI=1S/C16H12Cl2N4OS/c17-11-6-2-1-5-10(11)15-21-14(23-22-15)9-19-16(24)20-13-8-4-3-7-12(13)18/h1-8H,9H2,(H2,19,20,24). The molecule has 0 unspecified atom stereocenters. The summed E-state index contributed by atoms with van der Waals surface area (Å²) in [5.41, 5.74) is 1.44. The van der Waals surface area contributed by atoms with E-state index < -0.39 is 0 Å². The summed E-state index contributed by atoms with van der Waals surface area (Å²) in [7, 11) is 0. The average molecular weight is 379 g/mol. The SMILES string of the molecule is S=C(NCc1nc(-c2ccccc2Cl)no1)Nc1ccccc1Cl. The van der Waals surface area contributed by atoms with E-state index in [1.54, 1.807) is 12.1 Å². The van der Waals surface area contributed by atoms with E-state index in [1.807, 2.05) is 36.4 Å². The van der Waals surface area contributed by atoms with Crippen LogP contribution >= 0.6 is 35.4 Å². The van der Waals surface area contributed by atoms with E-state index in [1.165, 1.54) is 0 Å². The molecule has 0 saturated heterocycles. The molecule has 1 aromatic heterocycles. The maximum atomic E-state index is 6.12. The summed E-state index contributed by atoms with van der Waals surface area (Å²) in [4.78, 5) is 4.30. The van der Waals surface area contributed by atoms with Gasteiger partial charge in [0.1, 0.15) is 0 Å². The molecule has 0 fully saturated rings. The minimum absolute atomic E-state index is 0.285. The van der Waals surface area contributed by atoms with E-state index in [4.69, 9.17) is 39.9 Å². The second-order valence-electron chi connectivity index (χ2n) is 4.78. The van der Waals surface area contributed by atoms with Crippen LogP contribution in [0.5, 0.6) is 0 Å². The Hall–Kier alpha value is -2.15. The summed E-state index contributed by atoms with van der Waals surface area (Å²) in [6.45, 7) is 0.285. The third-order valence-electron chi connectivity index (χ3n) is 3.11. The molecule has 0 aliphatic carbocycles. The molecule has 1 heterocycles. The van der Waals surface area contributed by atoms with E-state index in [2.05, 4.69) is 20.8 Å². The van der Waals surface area contributed by atoms with Gasteiger partial charge in [-0.25, -0.2) is 0 Å². The molecule has 0 aliphatic heterocycles. The number of thiocarbonyl (C=S) groups is 1. The first-order valence-corrected chi connectivity index (χ1v) is 8.17. The number of hydrogen-bond donors (Lipinski definition) is 2. The fourth-order valence-electron chi connectivity index (χ4n) is 1.96. The molecular weight excluding hydrogens is 367 g/mol. The second-order valence-corrected chi connectivity index (χ2v) is 6.00. The lowest BCUT2D eigenvalue weighted by Gasteiger charge is -2.09. The van der Waals surface area contributed by atoms with E-state index in [0.717, 1.165) is 5.69 Å². The molecule has 2 N–H and O–H groups in total. The fraction of sp³-hybridized carbons (Fsp3) is 0.0625. The maximum absolute atomic E-state index is 6.12. The Morgan fingerprint density at radius 3 is 2.50 bits per heavy atom. The Morgan fingerprint density at radius 2 is 1.75 bits per heavy atom. The zero-order chi connectivity index (χ0) is 16.9. The van der Waals surface area contributed by atoms with Crippen molar-refractivity contribution in [2.45, 2.75) is 6.54 Å². The van der Waals surface area contributed by atoms with Crippen molar-refractivity contribution in [1.29, 1.82) is 0 Å². The van der Waals surface area contributed by atoms with Crippen LogP contribution in [0.25, 0.3) is 11.4 Å². The number of hydrogen-bond acceptors (Lipinski definition) is 4. The smallest absolute Gasteiger partial charge is 0.246 e. The summed E-state index contributed by atoms with van der Waals surface area (Å²) in [6.07, 6.45) is 0. The molecule has 0 atom stereocenters. The van der Waals surface area contributed by atoms with E-state index in [9.17, 15) is 0 Å². The van der Waals surface area contributed by atoms with Crippen LogP contribution in [0.4, 0.5) is 5.69 Å². The van der Waals surface area contributed by atoms with Gasteiger partial charge in [0.05, 0.1) is 22.3 Å². The van der Waals surface area contributed by atoms with Crippen LogP contribution < -0.4 is 10.6 Å². The lowest BCUT2D eigenvalue weighted by molar-refractivity contribution is 0.376. The van der Waals surface area contributed by atoms with Crippen molar-refractivity contribution >= 4 is 46.2 Å². The van der Waals surface area contributed by atoms with Gasteiger partial charge in [-0.2, -0.15) is 4.98 Å². The van der Waals surface area contributed by atoms with E-state index in [0.29, 0.717) is 32.4 Å². The molecule has 2 aromatic carbocycles. The van der Waals surface area contributed by atoms with Crippen molar-refractivity contribution in [1.82, 2.24) is 15.5 Å². The number of para-hydroxylation sites is 1. The minimum Gasteiger partial charge on any atom is -0.353 e. The lowest BCUT2D eigenvalue weighted by Crippen LogP contribution is -2.28. The quantitative estimate of drug-likeness (QED) is 0.650. The maximum Gasteiger partial charge on any atom is 0.246 e. The molecule has 8 heteroatoms. The van der Waals surface area contributed by atoms with Gasteiger partial charge in [-0.3, -0.25) is 0 Å². The third-order valence-corrected chi connectivity index (χ3v) is 4.01. The third kappa shape index (κ3) is 4.03. The first-order valence-electron chi connectivity index (χ1n) is 7.00. The predicted molar refractivity (Wildman–Crippen MR) is 99.3 cm³/mol. The van der Waals surface area contributed by atoms with Gasteiger partial charge in [0.25, 0.3) is 0 Å². The Balaban J connectivity index is 1.61. The normalized spacial score (nSPS) is 10.4. The van der Waals surface area contributed by atoms with Gasteiger partial charge in [0, 0.05) is 5.56 Å². The van der Waals surface area contributed by atoms with Crippen molar-refractivity contribution in [2.24, 2.45) is 0 Å². The van der Waals surface area contributed by atoms with Crippen LogP contribution in [0.1, 0.15) is 5.89 Å². The first-order chi connectivity index (χ1) is 11.6. The van der Waals surface area contributed by atoms with Crippen LogP contribution in [0.3, 0.4) is 0 Å². The summed E-state index contributed by atoms with van der Waals surface area (Å²) < 4.78 is 5.20. The van der Waals surface area contributed by atoms with Crippen molar-refractivity contribution in [2.75, 3.05) is 5.32 Å². The zero-order valence-corrected chi connectivity index (χ0v) is 14.6. The monoisotopic (exact) mass is 378 g/mol. The van der Waals surface area contributed by atoms with Gasteiger partial charge in [0.2, 0.25) is 11.7 Å². The minimum atomic E-state index is 0.285. The average Bonchev–Trinajstić information content (AvgIpc) is 3.04.